The van der Waals surface area contributed by atoms with Gasteiger partial charge in [-0.3, -0.25) is 9.69 Å². The fourth-order valence-electron chi connectivity index (χ4n) is 4.42. The topological polar surface area (TPSA) is 45.5 Å². The number of carbonyl (C=O) groups excluding carboxylic acids is 1. The number of aryl methyl sites for hydroxylation is 1. The lowest BCUT2D eigenvalue weighted by Crippen LogP contribution is -2.69. The summed E-state index contributed by atoms with van der Waals surface area (Å²) in [5.74, 6) is 1.49. The monoisotopic (exact) mass is 312 g/mol. The molecule has 0 aliphatic carbocycles. The number of hydrogen-bond acceptors (Lipinski definition) is 3. The first-order valence-electron chi connectivity index (χ1n) is 8.51. The number of rotatable bonds is 2. The predicted molar refractivity (Wildman–Crippen MR) is 90.6 cm³/mol. The number of nitrogens with zero attached hydrogens (tertiary/aromatic N) is 1. The molecule has 3 saturated heterocycles. The molecule has 122 valence electrons. The SMILES string of the molecule is Cc1cc2cc(C(=O)N[C@@H]3C4CCN(CC4)C3(C)C)ccc2o1. The maximum atomic E-state index is 12.8. The molecule has 2 bridgehead atoms. The first-order valence-corrected chi connectivity index (χ1v) is 8.51. The lowest BCUT2D eigenvalue weighted by Gasteiger charge is -2.56. The van der Waals surface area contributed by atoms with Gasteiger partial charge in [-0.1, -0.05) is 0 Å². The summed E-state index contributed by atoms with van der Waals surface area (Å²) in [6, 6.07) is 7.87. The minimum atomic E-state index is 0.0255. The number of nitrogens with one attached hydrogen (secondary N) is 1. The van der Waals surface area contributed by atoms with Crippen LogP contribution in [-0.2, 0) is 0 Å². The van der Waals surface area contributed by atoms with Crippen molar-refractivity contribution in [2.45, 2.75) is 45.2 Å². The molecule has 1 N–H and O–H groups in total. The maximum absolute atomic E-state index is 12.8. The Labute approximate surface area is 136 Å². The van der Waals surface area contributed by atoms with Gasteiger partial charge in [0.1, 0.15) is 11.3 Å². The fraction of sp³-hybridized carbons (Fsp3) is 0.526. The van der Waals surface area contributed by atoms with E-state index in [1.165, 1.54) is 12.8 Å². The molecule has 1 aromatic heterocycles. The molecule has 5 rings (SSSR count). The van der Waals surface area contributed by atoms with E-state index in [1.54, 1.807) is 0 Å². The van der Waals surface area contributed by atoms with Crippen LogP contribution in [0.5, 0.6) is 0 Å². The molecule has 0 unspecified atom stereocenters. The zero-order valence-corrected chi connectivity index (χ0v) is 14.1. The first-order chi connectivity index (χ1) is 10.9. The highest BCUT2D eigenvalue weighted by molar-refractivity contribution is 5.98. The molecule has 1 aromatic carbocycles. The lowest BCUT2D eigenvalue weighted by atomic mass is 9.72. The quantitative estimate of drug-likeness (QED) is 0.925. The molecular weight excluding hydrogens is 288 g/mol. The van der Waals surface area contributed by atoms with Crippen LogP contribution in [0.15, 0.2) is 28.7 Å². The van der Waals surface area contributed by atoms with E-state index in [-0.39, 0.29) is 17.5 Å². The van der Waals surface area contributed by atoms with Crippen molar-refractivity contribution >= 4 is 16.9 Å². The largest absolute Gasteiger partial charge is 0.461 e. The van der Waals surface area contributed by atoms with E-state index in [1.807, 2.05) is 31.2 Å². The third-order valence-corrected chi connectivity index (χ3v) is 5.78. The van der Waals surface area contributed by atoms with Crippen molar-refractivity contribution in [2.75, 3.05) is 13.1 Å². The fourth-order valence-corrected chi connectivity index (χ4v) is 4.42. The number of piperidine rings is 3. The second kappa shape index (κ2) is 5.10. The minimum absolute atomic E-state index is 0.0255. The van der Waals surface area contributed by atoms with Crippen LogP contribution in [0.3, 0.4) is 0 Å². The summed E-state index contributed by atoms with van der Waals surface area (Å²) >= 11 is 0. The molecule has 2 aromatic rings. The summed E-state index contributed by atoms with van der Waals surface area (Å²) in [7, 11) is 0. The van der Waals surface area contributed by atoms with Crippen LogP contribution in [0.2, 0.25) is 0 Å². The van der Waals surface area contributed by atoms with E-state index >= 15 is 0 Å². The van der Waals surface area contributed by atoms with Crippen LogP contribution in [0.25, 0.3) is 11.0 Å². The number of amides is 1. The number of benzene rings is 1. The molecule has 0 spiro atoms. The average Bonchev–Trinajstić information content (AvgIpc) is 2.90. The number of hydrogen-bond donors (Lipinski definition) is 1. The first kappa shape index (κ1) is 14.8. The third kappa shape index (κ3) is 2.36. The van der Waals surface area contributed by atoms with Gasteiger partial charge in [0.2, 0.25) is 0 Å². The highest BCUT2D eigenvalue weighted by Gasteiger charge is 2.48. The molecule has 1 atom stereocenters. The van der Waals surface area contributed by atoms with E-state index in [4.69, 9.17) is 4.42 Å². The van der Waals surface area contributed by atoms with Gasteiger partial charge >= 0.3 is 0 Å². The van der Waals surface area contributed by atoms with Gasteiger partial charge in [-0.25, -0.2) is 0 Å². The van der Waals surface area contributed by atoms with Gasteiger partial charge in [-0.2, -0.15) is 0 Å². The molecule has 0 saturated carbocycles. The van der Waals surface area contributed by atoms with Gasteiger partial charge < -0.3 is 9.73 Å². The van der Waals surface area contributed by atoms with Crippen molar-refractivity contribution in [3.05, 3.63) is 35.6 Å². The second-order valence-electron chi connectivity index (χ2n) is 7.54. The minimum Gasteiger partial charge on any atom is -0.461 e. The van der Waals surface area contributed by atoms with Crippen LogP contribution in [0.4, 0.5) is 0 Å². The van der Waals surface area contributed by atoms with Crippen molar-refractivity contribution < 1.29 is 9.21 Å². The van der Waals surface area contributed by atoms with E-state index in [9.17, 15) is 4.79 Å². The molecule has 4 heterocycles. The number of fused-ring (bicyclic) bond motifs is 4. The molecule has 4 nitrogen and oxygen atoms in total. The average molecular weight is 312 g/mol. The second-order valence-corrected chi connectivity index (χ2v) is 7.54. The van der Waals surface area contributed by atoms with Gasteiger partial charge in [0.05, 0.1) is 0 Å². The van der Waals surface area contributed by atoms with Gasteiger partial charge in [0.15, 0.2) is 0 Å². The van der Waals surface area contributed by atoms with Crippen LogP contribution in [0.1, 0.15) is 42.8 Å². The molecule has 23 heavy (non-hydrogen) atoms. The zero-order chi connectivity index (χ0) is 16.2. The Kier molecular flexibility index (Phi) is 3.27. The predicted octanol–water partition coefficient (Wildman–Crippen LogP) is 3.34. The van der Waals surface area contributed by atoms with E-state index in [2.05, 4.69) is 24.1 Å². The molecule has 1 amide bonds. The number of carbonyl (C=O) groups is 1. The Balaban J connectivity index is 1.58. The summed E-state index contributed by atoms with van der Waals surface area (Å²) < 4.78 is 5.59. The van der Waals surface area contributed by atoms with Gasteiger partial charge in [0.25, 0.3) is 5.91 Å². The van der Waals surface area contributed by atoms with Crippen molar-refractivity contribution in [1.82, 2.24) is 10.2 Å². The number of furan rings is 1. The normalized spacial score (nSPS) is 28.9. The molecule has 0 radical (unpaired) electrons. The zero-order valence-electron chi connectivity index (χ0n) is 14.1. The highest BCUT2D eigenvalue weighted by atomic mass is 16.3. The van der Waals surface area contributed by atoms with Crippen molar-refractivity contribution in [2.24, 2.45) is 5.92 Å². The molecule has 3 aliphatic heterocycles. The summed E-state index contributed by atoms with van der Waals surface area (Å²) in [4.78, 5) is 15.3. The smallest absolute Gasteiger partial charge is 0.251 e. The standard InChI is InChI=1S/C19H24N2O2/c1-12-10-15-11-14(4-5-16(15)23-12)18(22)20-17-13-6-8-21(9-7-13)19(17,2)3/h4-5,10-11,13,17H,6-9H2,1-3H3,(H,20,22)/t17-/m1/s1. The van der Waals surface area contributed by atoms with Gasteiger partial charge in [-0.15, -0.1) is 0 Å². The Morgan fingerprint density at radius 2 is 2.00 bits per heavy atom. The Morgan fingerprint density at radius 3 is 2.70 bits per heavy atom. The van der Waals surface area contributed by atoms with Crippen LogP contribution >= 0.6 is 0 Å². The van der Waals surface area contributed by atoms with Crippen LogP contribution in [-0.4, -0.2) is 35.5 Å². The van der Waals surface area contributed by atoms with Crippen molar-refractivity contribution in [1.29, 1.82) is 0 Å². The van der Waals surface area contributed by atoms with Crippen LogP contribution < -0.4 is 5.32 Å². The maximum Gasteiger partial charge on any atom is 0.251 e. The summed E-state index contributed by atoms with van der Waals surface area (Å²) in [5, 5.41) is 4.31. The Bertz CT molecular complexity index is 754. The van der Waals surface area contributed by atoms with E-state index < -0.39 is 0 Å². The molecule has 3 aliphatic rings. The van der Waals surface area contributed by atoms with Gasteiger partial charge in [0, 0.05) is 22.5 Å². The summed E-state index contributed by atoms with van der Waals surface area (Å²) in [6.45, 7) is 8.75. The van der Waals surface area contributed by atoms with Crippen LogP contribution in [0, 0.1) is 12.8 Å². The van der Waals surface area contributed by atoms with E-state index in [0.29, 0.717) is 11.5 Å². The Morgan fingerprint density at radius 1 is 1.26 bits per heavy atom. The van der Waals surface area contributed by atoms with E-state index in [0.717, 1.165) is 29.8 Å². The lowest BCUT2D eigenvalue weighted by molar-refractivity contribution is -0.0378. The highest BCUT2D eigenvalue weighted by Crippen LogP contribution is 2.39. The molecule has 4 heteroatoms. The summed E-state index contributed by atoms with van der Waals surface area (Å²) in [6.07, 6.45) is 2.38. The van der Waals surface area contributed by atoms with Crippen molar-refractivity contribution in [3.63, 3.8) is 0 Å². The van der Waals surface area contributed by atoms with Gasteiger partial charge in [-0.05, 0) is 76.9 Å². The molecular formula is C19H24N2O2. The third-order valence-electron chi connectivity index (χ3n) is 5.78. The summed E-state index contributed by atoms with van der Waals surface area (Å²) in [5.41, 5.74) is 1.58. The van der Waals surface area contributed by atoms with Crippen molar-refractivity contribution in [3.8, 4) is 0 Å². The Hall–Kier alpha value is -1.81. The molecule has 3 fully saturated rings.